The summed E-state index contributed by atoms with van der Waals surface area (Å²) in [6, 6.07) is 0. The van der Waals surface area contributed by atoms with Gasteiger partial charge in [-0.05, 0) is 213 Å². The van der Waals surface area contributed by atoms with Gasteiger partial charge in [-0.25, -0.2) is 0 Å². The zero-order valence-corrected chi connectivity index (χ0v) is 41.9. The fourth-order valence-electron chi connectivity index (χ4n) is 18.4. The van der Waals surface area contributed by atoms with Crippen molar-refractivity contribution >= 4 is 11.6 Å². The third kappa shape index (κ3) is 8.68. The van der Waals surface area contributed by atoms with E-state index in [0.717, 1.165) is 90.8 Å². The van der Waals surface area contributed by atoms with Crippen LogP contribution in [0.2, 0.25) is 0 Å². The van der Waals surface area contributed by atoms with Gasteiger partial charge in [0.2, 0.25) is 0 Å². The molecular weight excluding hydrogens is 745 g/mol. The van der Waals surface area contributed by atoms with Gasteiger partial charge in [-0.2, -0.15) is 0 Å². The van der Waals surface area contributed by atoms with Crippen LogP contribution in [0, 0.1) is 105 Å². The molecule has 0 aromatic carbocycles. The highest BCUT2D eigenvalue weighted by Crippen LogP contribution is 2.69. The van der Waals surface area contributed by atoms with Crippen LogP contribution in [-0.2, 0) is 9.59 Å². The Bertz CT molecular complexity index is 1620. The molecule has 1 N–H and O–H groups in total. The second-order valence-electron chi connectivity index (χ2n) is 25.5. The minimum absolute atomic E-state index is 0.147. The molecule has 8 aliphatic carbocycles. The van der Waals surface area contributed by atoms with Crippen LogP contribution in [0.1, 0.15) is 218 Å². The van der Waals surface area contributed by atoms with Crippen molar-refractivity contribution < 1.29 is 14.7 Å². The number of aliphatic hydroxyl groups is 1. The normalized spacial score (nSPS) is 43.6. The molecule has 0 radical (unpaired) electrons. The van der Waals surface area contributed by atoms with Gasteiger partial charge in [-0.15, -0.1) is 0 Å². The predicted molar refractivity (Wildman–Crippen MR) is 256 cm³/mol. The summed E-state index contributed by atoms with van der Waals surface area (Å²) in [6.07, 6.45) is 29.9. The van der Waals surface area contributed by atoms with E-state index in [9.17, 15) is 14.7 Å². The molecule has 6 saturated carbocycles. The van der Waals surface area contributed by atoms with Crippen LogP contribution >= 0.6 is 0 Å². The number of allylic oxidation sites excluding steroid dienone is 1. The summed E-state index contributed by atoms with van der Waals surface area (Å²) in [5.74, 6) is 11.8. The Morgan fingerprint density at radius 2 is 1.03 bits per heavy atom. The molecule has 0 amide bonds. The molecule has 8 rings (SSSR count). The van der Waals surface area contributed by atoms with Gasteiger partial charge in [-0.1, -0.05) is 120 Å². The monoisotopic (exact) mass is 841 g/mol. The van der Waals surface area contributed by atoms with Crippen molar-refractivity contribution in [3.63, 3.8) is 0 Å². The molecule has 3 nitrogen and oxygen atoms in total. The van der Waals surface area contributed by atoms with Crippen molar-refractivity contribution in [2.24, 2.45) is 105 Å². The summed E-state index contributed by atoms with van der Waals surface area (Å²) in [5, 5.41) is 11.3. The van der Waals surface area contributed by atoms with E-state index < -0.39 is 0 Å². The Hall–Kier alpha value is -1.22. The van der Waals surface area contributed by atoms with Crippen LogP contribution in [-0.4, -0.2) is 22.8 Å². The maximum atomic E-state index is 12.1. The number of hydrogen-bond donors (Lipinski definition) is 1. The van der Waals surface area contributed by atoms with E-state index in [4.69, 9.17) is 0 Å². The first-order valence-electron chi connectivity index (χ1n) is 27.0. The molecule has 8 aliphatic rings. The van der Waals surface area contributed by atoms with Crippen LogP contribution in [0.25, 0.3) is 0 Å². The minimum Gasteiger partial charge on any atom is -0.392 e. The summed E-state index contributed by atoms with van der Waals surface area (Å²) in [7, 11) is 0. The van der Waals surface area contributed by atoms with Crippen molar-refractivity contribution in [3.05, 3.63) is 23.3 Å². The quantitative estimate of drug-likeness (QED) is 0.213. The van der Waals surface area contributed by atoms with E-state index in [0.29, 0.717) is 46.2 Å². The number of ketones is 2. The maximum Gasteiger partial charge on any atom is 0.155 e. The van der Waals surface area contributed by atoms with E-state index in [2.05, 4.69) is 89.2 Å². The van der Waals surface area contributed by atoms with Crippen LogP contribution < -0.4 is 0 Å². The van der Waals surface area contributed by atoms with Gasteiger partial charge in [0, 0.05) is 12.8 Å². The SMILES string of the molecule is CC[C@H](CC[C@@H](C)[C@H]1CCC2[C@@H]3C(O)CC4=CC(=O)CC[C@]4(C)C3CC[C@@]21C)C(C)C.CC[C@H](CC[C@@H](C)[C@H]1CCC2[C@@H]3CCC4=CC(=O)CC[C@]4(C)C3CC[C@@]21C)C(C)C. The Labute approximate surface area is 376 Å². The number of fused-ring (bicyclic) bond motifs is 10. The second-order valence-corrected chi connectivity index (χ2v) is 25.5. The van der Waals surface area contributed by atoms with E-state index in [1.54, 1.807) is 0 Å². The summed E-state index contributed by atoms with van der Waals surface area (Å²) >= 11 is 0. The van der Waals surface area contributed by atoms with Gasteiger partial charge in [0.05, 0.1) is 6.10 Å². The number of carbonyl (C=O) groups excluding carboxylic acids is 2. The molecule has 0 heterocycles. The molecule has 6 fully saturated rings. The Morgan fingerprint density at radius 3 is 1.56 bits per heavy atom. The lowest BCUT2D eigenvalue weighted by molar-refractivity contribution is -0.124. The zero-order chi connectivity index (χ0) is 44.2. The Morgan fingerprint density at radius 1 is 0.557 bits per heavy atom. The van der Waals surface area contributed by atoms with Crippen LogP contribution in [0.15, 0.2) is 23.3 Å². The highest BCUT2D eigenvalue weighted by molar-refractivity contribution is 5.92. The maximum absolute atomic E-state index is 12.1. The fourth-order valence-corrected chi connectivity index (χ4v) is 18.4. The van der Waals surface area contributed by atoms with E-state index in [1.807, 2.05) is 6.08 Å². The van der Waals surface area contributed by atoms with Crippen LogP contribution in [0.3, 0.4) is 0 Å². The standard InChI is InChI=1S/C29H48O2.C29H48O/c1-7-20(18(2)3)9-8-19(4)23-10-11-24-27-25(13-15-29(23,24)6)28(5)14-12-22(30)16-21(28)17-26(27)31;1-7-21(19(2)3)9-8-20(4)25-12-13-26-24-11-10-22-18-23(30)14-16-28(22,5)27(24)15-17-29(25,26)6/h16,18-20,23-27,31H,7-15,17H2,1-6H3;18-21,24-27H,7-17H2,1-6H3/t19-,20-,23-,24?,25?,26?,27+,28+,29-;20-,21-,24+,25-,26?,27?,28+,29-/m11/s1. The van der Waals surface area contributed by atoms with Gasteiger partial charge in [0.15, 0.2) is 11.6 Å². The van der Waals surface area contributed by atoms with Crippen LogP contribution in [0.5, 0.6) is 0 Å². The Kier molecular flexibility index (Phi) is 14.5. The lowest BCUT2D eigenvalue weighted by Gasteiger charge is -2.60. The average molecular weight is 841 g/mol. The van der Waals surface area contributed by atoms with Crippen molar-refractivity contribution in [1.82, 2.24) is 0 Å². The van der Waals surface area contributed by atoms with Crippen molar-refractivity contribution in [3.8, 4) is 0 Å². The molecule has 61 heavy (non-hydrogen) atoms. The predicted octanol–water partition coefficient (Wildman–Crippen LogP) is 15.4. The summed E-state index contributed by atoms with van der Waals surface area (Å²) in [4.78, 5) is 24.2. The number of rotatable bonds is 12. The molecule has 5 unspecified atom stereocenters. The van der Waals surface area contributed by atoms with Gasteiger partial charge in [0.1, 0.15) is 0 Å². The van der Waals surface area contributed by atoms with E-state index in [1.165, 1.54) is 114 Å². The highest BCUT2D eigenvalue weighted by Gasteiger charge is 2.62. The summed E-state index contributed by atoms with van der Waals surface area (Å²) in [6.45, 7) is 29.7. The molecule has 0 bridgehead atoms. The molecule has 0 aromatic rings. The van der Waals surface area contributed by atoms with Gasteiger partial charge in [-0.3, -0.25) is 9.59 Å². The zero-order valence-electron chi connectivity index (χ0n) is 41.9. The lowest BCUT2D eigenvalue weighted by atomic mass is 9.45. The first-order chi connectivity index (χ1) is 28.8. The third-order valence-electron chi connectivity index (χ3n) is 22.4. The Balaban J connectivity index is 0.000000184. The topological polar surface area (TPSA) is 54.4 Å². The molecular formula is C58H96O3. The van der Waals surface area contributed by atoms with Gasteiger partial charge >= 0.3 is 0 Å². The number of carbonyl (C=O) groups is 2. The van der Waals surface area contributed by atoms with Gasteiger partial charge < -0.3 is 5.11 Å². The smallest absolute Gasteiger partial charge is 0.155 e. The number of hydrogen-bond acceptors (Lipinski definition) is 3. The average Bonchev–Trinajstić information content (AvgIpc) is 3.76. The van der Waals surface area contributed by atoms with Crippen molar-refractivity contribution in [1.29, 1.82) is 0 Å². The lowest BCUT2D eigenvalue weighted by Crippen LogP contribution is -2.55. The van der Waals surface area contributed by atoms with Crippen LogP contribution in [0.4, 0.5) is 0 Å². The number of aliphatic hydroxyl groups excluding tert-OH is 1. The third-order valence-corrected chi connectivity index (χ3v) is 22.4. The minimum atomic E-state index is -0.251. The molecule has 17 atom stereocenters. The molecule has 346 valence electrons. The fraction of sp³-hybridized carbons (Fsp3) is 0.897. The van der Waals surface area contributed by atoms with E-state index >= 15 is 0 Å². The first-order valence-corrected chi connectivity index (χ1v) is 27.0. The first kappa shape index (κ1) is 47.7. The van der Waals surface area contributed by atoms with E-state index in [-0.39, 0.29) is 17.3 Å². The summed E-state index contributed by atoms with van der Waals surface area (Å²) in [5.41, 5.74) is 4.22. The molecule has 0 aliphatic heterocycles. The molecule has 0 aromatic heterocycles. The highest BCUT2D eigenvalue weighted by atomic mass is 16.3. The van der Waals surface area contributed by atoms with Gasteiger partial charge in [0.25, 0.3) is 0 Å². The van der Waals surface area contributed by atoms with Crippen molar-refractivity contribution in [2.75, 3.05) is 0 Å². The second kappa shape index (κ2) is 18.6. The van der Waals surface area contributed by atoms with Crippen molar-refractivity contribution in [2.45, 2.75) is 224 Å². The largest absolute Gasteiger partial charge is 0.392 e. The molecule has 3 heteroatoms. The molecule has 0 saturated heterocycles. The summed E-state index contributed by atoms with van der Waals surface area (Å²) < 4.78 is 0. The molecule has 0 spiro atoms.